The number of cyclic esters (lactones) is 1. The third kappa shape index (κ3) is 6.57. The lowest BCUT2D eigenvalue weighted by molar-refractivity contribution is -0.222. The highest BCUT2D eigenvalue weighted by molar-refractivity contribution is 5.83. The Kier molecular flexibility index (Phi) is 9.00. The molecule has 9 aliphatic rings. The molecule has 0 aromatic rings. The molecule has 274 valence electrons. The van der Waals surface area contributed by atoms with Gasteiger partial charge in [-0.3, -0.25) is 14.4 Å². The van der Waals surface area contributed by atoms with E-state index in [-0.39, 0.29) is 18.5 Å². The molecule has 6 atom stereocenters. The molecule has 9 rings (SSSR count). The van der Waals surface area contributed by atoms with E-state index in [0.29, 0.717) is 68.6 Å². The maximum atomic E-state index is 14.1. The summed E-state index contributed by atoms with van der Waals surface area (Å²) in [4.78, 5) is 53.8. The van der Waals surface area contributed by atoms with Crippen LogP contribution in [0.5, 0.6) is 0 Å². The average molecular weight is 685 g/mol. The maximum absolute atomic E-state index is 14.1. The number of rotatable bonds is 13. The van der Waals surface area contributed by atoms with Crippen molar-refractivity contribution in [3.05, 3.63) is 0 Å². The summed E-state index contributed by atoms with van der Waals surface area (Å²) >= 11 is 0. The van der Waals surface area contributed by atoms with E-state index in [1.165, 1.54) is 6.42 Å². The SMILES string of the molecule is CCC(C)(CCC(C)(CCC(C)C(=O)OC12CC3CC(CC(O)(C3)C1)C2)C(=O)OC1CCOC1=O)C(=O)OC1(C)C2CC3CC(C2)CC1C3. The van der Waals surface area contributed by atoms with Crippen molar-refractivity contribution in [3.8, 4) is 0 Å². The quantitative estimate of drug-likeness (QED) is 0.164. The minimum Gasteiger partial charge on any atom is -0.463 e. The predicted molar refractivity (Wildman–Crippen MR) is 180 cm³/mol. The number of aliphatic hydroxyl groups is 1. The highest BCUT2D eigenvalue weighted by atomic mass is 16.6. The summed E-state index contributed by atoms with van der Waals surface area (Å²) in [6.07, 6.45) is 12.3. The van der Waals surface area contributed by atoms with Crippen LogP contribution in [-0.2, 0) is 38.1 Å². The minimum absolute atomic E-state index is 0.186. The van der Waals surface area contributed by atoms with Crippen LogP contribution in [0.1, 0.15) is 144 Å². The molecule has 0 amide bonds. The van der Waals surface area contributed by atoms with Crippen molar-refractivity contribution >= 4 is 23.9 Å². The summed E-state index contributed by atoms with van der Waals surface area (Å²) in [5.41, 5.74) is -3.59. The van der Waals surface area contributed by atoms with E-state index in [1.54, 1.807) is 0 Å². The second-order valence-electron chi connectivity index (χ2n) is 18.9. The van der Waals surface area contributed by atoms with Crippen LogP contribution in [0.15, 0.2) is 0 Å². The smallest absolute Gasteiger partial charge is 0.347 e. The average Bonchev–Trinajstić information content (AvgIpc) is 3.43. The molecule has 0 aromatic carbocycles. The van der Waals surface area contributed by atoms with Crippen LogP contribution in [-0.4, -0.2) is 58.5 Å². The van der Waals surface area contributed by atoms with Crippen LogP contribution in [0.25, 0.3) is 0 Å². The molecular formula is C40H60O9. The largest absolute Gasteiger partial charge is 0.463 e. The zero-order chi connectivity index (χ0) is 35.0. The molecule has 9 fully saturated rings. The van der Waals surface area contributed by atoms with Gasteiger partial charge >= 0.3 is 23.9 Å². The molecule has 1 aliphatic heterocycles. The molecule has 0 radical (unpaired) electrons. The Morgan fingerprint density at radius 3 is 2.00 bits per heavy atom. The summed E-state index contributed by atoms with van der Waals surface area (Å²) in [5.74, 6) is 1.22. The van der Waals surface area contributed by atoms with Gasteiger partial charge in [-0.05, 0) is 153 Å². The van der Waals surface area contributed by atoms with E-state index in [2.05, 4.69) is 6.92 Å². The van der Waals surface area contributed by atoms with Crippen LogP contribution >= 0.6 is 0 Å². The van der Waals surface area contributed by atoms with E-state index < -0.39 is 51.6 Å². The van der Waals surface area contributed by atoms with Gasteiger partial charge in [0, 0.05) is 12.8 Å². The highest BCUT2D eigenvalue weighted by Gasteiger charge is 2.60. The molecule has 9 heteroatoms. The first kappa shape index (κ1) is 35.3. The molecule has 0 aromatic heterocycles. The molecule has 49 heavy (non-hydrogen) atoms. The van der Waals surface area contributed by atoms with Crippen molar-refractivity contribution in [2.75, 3.05) is 6.61 Å². The third-order valence-corrected chi connectivity index (χ3v) is 15.0. The summed E-state index contributed by atoms with van der Waals surface area (Å²) in [6, 6.07) is 0. The van der Waals surface area contributed by atoms with Gasteiger partial charge in [-0.1, -0.05) is 13.8 Å². The summed E-state index contributed by atoms with van der Waals surface area (Å²) < 4.78 is 23.7. The molecule has 8 saturated carbocycles. The number of carbonyl (C=O) groups excluding carboxylic acids is 4. The first-order chi connectivity index (χ1) is 23.0. The van der Waals surface area contributed by atoms with Gasteiger partial charge in [0.15, 0.2) is 0 Å². The van der Waals surface area contributed by atoms with Gasteiger partial charge in [0.2, 0.25) is 6.10 Å². The second kappa shape index (κ2) is 12.5. The number of carbonyl (C=O) groups is 4. The lowest BCUT2D eigenvalue weighted by Crippen LogP contribution is -2.60. The predicted octanol–water partition coefficient (Wildman–Crippen LogP) is 6.85. The van der Waals surface area contributed by atoms with Crippen LogP contribution in [0, 0.1) is 52.3 Å². The van der Waals surface area contributed by atoms with Gasteiger partial charge in [-0.15, -0.1) is 0 Å². The van der Waals surface area contributed by atoms with Gasteiger partial charge in [-0.25, -0.2) is 4.79 Å². The third-order valence-electron chi connectivity index (χ3n) is 15.0. The number of ether oxygens (including phenoxy) is 4. The van der Waals surface area contributed by atoms with Gasteiger partial charge in [0.1, 0.15) is 11.2 Å². The molecule has 1 saturated heterocycles. The van der Waals surface area contributed by atoms with Gasteiger partial charge < -0.3 is 24.1 Å². The molecule has 8 bridgehead atoms. The minimum atomic E-state index is -1.05. The van der Waals surface area contributed by atoms with E-state index in [1.807, 2.05) is 27.7 Å². The molecule has 9 nitrogen and oxygen atoms in total. The fourth-order valence-corrected chi connectivity index (χ4v) is 12.0. The Morgan fingerprint density at radius 2 is 1.45 bits per heavy atom. The van der Waals surface area contributed by atoms with E-state index in [9.17, 15) is 24.3 Å². The molecule has 8 aliphatic carbocycles. The van der Waals surface area contributed by atoms with E-state index >= 15 is 0 Å². The summed E-state index contributed by atoms with van der Waals surface area (Å²) in [6.45, 7) is 10.0. The zero-order valence-electron chi connectivity index (χ0n) is 30.6. The van der Waals surface area contributed by atoms with Gasteiger partial charge in [0.25, 0.3) is 0 Å². The molecule has 0 spiro atoms. The van der Waals surface area contributed by atoms with Crippen LogP contribution in [0.4, 0.5) is 0 Å². The normalized spacial score (nSPS) is 43.0. The molecule has 6 unspecified atom stereocenters. The van der Waals surface area contributed by atoms with Crippen molar-refractivity contribution in [2.24, 2.45) is 52.3 Å². The summed E-state index contributed by atoms with van der Waals surface area (Å²) in [7, 11) is 0. The van der Waals surface area contributed by atoms with Crippen molar-refractivity contribution in [1.82, 2.24) is 0 Å². The number of hydrogen-bond acceptors (Lipinski definition) is 9. The fraction of sp³-hybridized carbons (Fsp3) is 0.900. The highest BCUT2D eigenvalue weighted by Crippen LogP contribution is 2.61. The van der Waals surface area contributed by atoms with Gasteiger partial charge in [0.05, 0.1) is 29.0 Å². The lowest BCUT2D eigenvalue weighted by Gasteiger charge is -2.59. The van der Waals surface area contributed by atoms with Crippen molar-refractivity contribution in [3.63, 3.8) is 0 Å². The standard InChI is InChI=1S/C40H60O9/c1-6-36(3,35(44)49-38(5)29-15-25-13-26(17-29)18-30(38)16-25)10-11-37(4,34(43)47-31-8-12-46-33(31)42)9-7-24(2)32(41)48-40-21-27-14-28(22-40)20-39(45,19-27)23-40/h24-31,45H,6-23H2,1-5H3. The Hall–Kier alpha value is -2.16. The van der Waals surface area contributed by atoms with Crippen molar-refractivity contribution in [2.45, 2.75) is 167 Å². The maximum Gasteiger partial charge on any atom is 0.347 e. The molecular weight excluding hydrogens is 624 g/mol. The zero-order valence-corrected chi connectivity index (χ0v) is 30.6. The Balaban J connectivity index is 1.02. The van der Waals surface area contributed by atoms with Crippen LogP contribution in [0.2, 0.25) is 0 Å². The van der Waals surface area contributed by atoms with Crippen LogP contribution in [0.3, 0.4) is 0 Å². The van der Waals surface area contributed by atoms with Gasteiger partial charge in [-0.2, -0.15) is 0 Å². The van der Waals surface area contributed by atoms with Crippen molar-refractivity contribution < 1.29 is 43.2 Å². The first-order valence-corrected chi connectivity index (χ1v) is 19.6. The monoisotopic (exact) mass is 684 g/mol. The molecule has 1 heterocycles. The van der Waals surface area contributed by atoms with E-state index in [0.717, 1.165) is 69.6 Å². The lowest BCUT2D eigenvalue weighted by atomic mass is 9.50. The fourth-order valence-electron chi connectivity index (χ4n) is 12.0. The first-order valence-electron chi connectivity index (χ1n) is 19.6. The van der Waals surface area contributed by atoms with Crippen molar-refractivity contribution in [1.29, 1.82) is 0 Å². The second-order valence-corrected chi connectivity index (χ2v) is 18.9. The molecule has 1 N–H and O–H groups in total. The summed E-state index contributed by atoms with van der Waals surface area (Å²) in [5, 5.41) is 11.2. The number of hydrogen-bond donors (Lipinski definition) is 1. The Labute approximate surface area is 292 Å². The van der Waals surface area contributed by atoms with Crippen LogP contribution < -0.4 is 0 Å². The topological polar surface area (TPSA) is 125 Å². The number of esters is 4. The Morgan fingerprint density at radius 1 is 0.857 bits per heavy atom. The Bertz CT molecular complexity index is 1300. The van der Waals surface area contributed by atoms with E-state index in [4.69, 9.17) is 18.9 Å².